The summed E-state index contributed by atoms with van der Waals surface area (Å²) in [5, 5.41) is 0. The Morgan fingerprint density at radius 1 is 1.31 bits per heavy atom. The number of ketones is 1. The Hall–Kier alpha value is -2.03. The maximum Gasteiger partial charge on any atom is 0.227 e. The van der Waals surface area contributed by atoms with E-state index in [1.165, 1.54) is 0 Å². The van der Waals surface area contributed by atoms with Crippen molar-refractivity contribution in [3.8, 4) is 0 Å². The minimum absolute atomic E-state index is 0.111. The molecule has 0 bridgehead atoms. The molecule has 1 aromatic heterocycles. The first-order valence-electron chi connectivity index (χ1n) is 5.14. The second kappa shape index (κ2) is 4.66. The molecular formula is C13H13N2O+. The molecule has 0 aliphatic rings. The normalized spacial score (nSPS) is 10.1. The van der Waals surface area contributed by atoms with E-state index in [0.717, 1.165) is 11.1 Å². The third-order valence-corrected chi connectivity index (χ3v) is 2.35. The van der Waals surface area contributed by atoms with Crippen molar-refractivity contribution < 1.29 is 9.36 Å². The molecule has 1 heterocycles. The van der Waals surface area contributed by atoms with Crippen molar-refractivity contribution in [1.29, 1.82) is 0 Å². The minimum Gasteiger partial charge on any atom is -0.287 e. The molecule has 2 rings (SSSR count). The molecule has 0 aliphatic heterocycles. The number of carbonyl (C=O) groups is 1. The number of nitrogens with zero attached hydrogens (tertiary/aromatic N) is 2. The smallest absolute Gasteiger partial charge is 0.227 e. The van der Waals surface area contributed by atoms with Gasteiger partial charge in [-0.25, -0.2) is 0 Å². The van der Waals surface area contributed by atoms with Crippen LogP contribution in [0.3, 0.4) is 0 Å². The van der Waals surface area contributed by atoms with Crippen LogP contribution < -0.4 is 4.57 Å². The number of carbonyl (C=O) groups excluding carboxylic acids is 1. The molecular weight excluding hydrogens is 200 g/mol. The standard InChI is InChI=1S/C13H13N2O/c1-11-3-2-4-12(9-11)13(16)10-15-7-5-14-6-8-15/h2-9H,10H2,1H3/q+1. The van der Waals surface area contributed by atoms with E-state index in [2.05, 4.69) is 4.98 Å². The van der Waals surface area contributed by atoms with E-state index in [0.29, 0.717) is 6.54 Å². The van der Waals surface area contributed by atoms with Crippen LogP contribution in [0.5, 0.6) is 0 Å². The first-order valence-corrected chi connectivity index (χ1v) is 5.14. The van der Waals surface area contributed by atoms with Crippen LogP contribution in [0.25, 0.3) is 0 Å². The van der Waals surface area contributed by atoms with Crippen LogP contribution in [0.1, 0.15) is 15.9 Å². The third kappa shape index (κ3) is 2.51. The lowest BCUT2D eigenvalue weighted by Crippen LogP contribution is -2.37. The van der Waals surface area contributed by atoms with E-state index in [1.807, 2.05) is 35.8 Å². The van der Waals surface area contributed by atoms with Gasteiger partial charge in [-0.2, -0.15) is 4.57 Å². The van der Waals surface area contributed by atoms with Gasteiger partial charge in [0.05, 0.1) is 12.4 Å². The van der Waals surface area contributed by atoms with E-state index in [1.54, 1.807) is 24.8 Å². The summed E-state index contributed by atoms with van der Waals surface area (Å²) in [6.45, 7) is 2.34. The molecule has 16 heavy (non-hydrogen) atoms. The topological polar surface area (TPSA) is 33.8 Å². The zero-order chi connectivity index (χ0) is 11.4. The molecule has 0 fully saturated rings. The van der Waals surface area contributed by atoms with E-state index in [9.17, 15) is 4.79 Å². The number of aromatic nitrogens is 2. The predicted molar refractivity (Wildman–Crippen MR) is 59.9 cm³/mol. The molecule has 0 N–H and O–H groups in total. The largest absolute Gasteiger partial charge is 0.287 e. The number of hydrogen-bond acceptors (Lipinski definition) is 2. The Kier molecular flexibility index (Phi) is 3.05. The fourth-order valence-corrected chi connectivity index (χ4v) is 1.53. The number of aryl methyl sites for hydroxylation is 1. The fourth-order valence-electron chi connectivity index (χ4n) is 1.53. The second-order valence-electron chi connectivity index (χ2n) is 3.71. The monoisotopic (exact) mass is 213 g/mol. The predicted octanol–water partition coefficient (Wildman–Crippen LogP) is 1.56. The van der Waals surface area contributed by atoms with Crippen molar-refractivity contribution in [2.45, 2.75) is 13.5 Å². The van der Waals surface area contributed by atoms with Gasteiger partial charge in [0.1, 0.15) is 0 Å². The Morgan fingerprint density at radius 3 is 2.75 bits per heavy atom. The number of benzene rings is 1. The number of hydrogen-bond donors (Lipinski definition) is 0. The van der Waals surface area contributed by atoms with E-state index < -0.39 is 0 Å². The lowest BCUT2D eigenvalue weighted by Gasteiger charge is -1.99. The van der Waals surface area contributed by atoms with Crippen molar-refractivity contribution in [3.63, 3.8) is 0 Å². The molecule has 0 saturated heterocycles. The average Bonchev–Trinajstić information content (AvgIpc) is 2.30. The highest BCUT2D eigenvalue weighted by Crippen LogP contribution is 2.04. The molecule has 80 valence electrons. The summed E-state index contributed by atoms with van der Waals surface area (Å²) in [6, 6.07) is 7.64. The molecule has 0 amide bonds. The fraction of sp³-hybridized carbons (Fsp3) is 0.154. The van der Waals surface area contributed by atoms with Crippen LogP contribution in [0.2, 0.25) is 0 Å². The zero-order valence-corrected chi connectivity index (χ0v) is 9.13. The Balaban J connectivity index is 2.15. The highest BCUT2D eigenvalue weighted by Gasteiger charge is 2.11. The molecule has 2 aromatic rings. The summed E-state index contributed by atoms with van der Waals surface area (Å²) in [5.74, 6) is 0.111. The second-order valence-corrected chi connectivity index (χ2v) is 3.71. The van der Waals surface area contributed by atoms with E-state index in [-0.39, 0.29) is 5.78 Å². The van der Waals surface area contributed by atoms with Crippen LogP contribution in [0.4, 0.5) is 0 Å². The van der Waals surface area contributed by atoms with Gasteiger partial charge >= 0.3 is 0 Å². The Bertz CT molecular complexity index is 494. The van der Waals surface area contributed by atoms with Crippen molar-refractivity contribution in [1.82, 2.24) is 4.98 Å². The SMILES string of the molecule is Cc1cccc(C(=O)C[n+]2ccncc2)c1. The van der Waals surface area contributed by atoms with Crippen LogP contribution in [-0.4, -0.2) is 10.8 Å². The third-order valence-electron chi connectivity index (χ3n) is 2.35. The summed E-state index contributed by atoms with van der Waals surface area (Å²) in [5.41, 5.74) is 1.86. The highest BCUT2D eigenvalue weighted by atomic mass is 16.1. The lowest BCUT2D eigenvalue weighted by molar-refractivity contribution is -0.683. The lowest BCUT2D eigenvalue weighted by atomic mass is 10.1. The molecule has 0 saturated carbocycles. The molecule has 0 unspecified atom stereocenters. The van der Waals surface area contributed by atoms with Gasteiger partial charge in [0.25, 0.3) is 0 Å². The van der Waals surface area contributed by atoms with Gasteiger partial charge in [-0.15, -0.1) is 0 Å². The Morgan fingerprint density at radius 2 is 2.06 bits per heavy atom. The Labute approximate surface area is 94.4 Å². The first kappa shape index (κ1) is 10.5. The zero-order valence-electron chi connectivity index (χ0n) is 9.13. The van der Waals surface area contributed by atoms with Gasteiger partial charge in [-0.05, 0) is 13.0 Å². The van der Waals surface area contributed by atoms with E-state index in [4.69, 9.17) is 0 Å². The summed E-state index contributed by atoms with van der Waals surface area (Å²) in [7, 11) is 0. The van der Waals surface area contributed by atoms with E-state index >= 15 is 0 Å². The molecule has 0 radical (unpaired) electrons. The summed E-state index contributed by atoms with van der Waals surface area (Å²) < 4.78 is 1.82. The molecule has 0 spiro atoms. The maximum absolute atomic E-state index is 11.9. The average molecular weight is 213 g/mol. The van der Waals surface area contributed by atoms with Crippen molar-refractivity contribution in [3.05, 3.63) is 60.2 Å². The van der Waals surface area contributed by atoms with Crippen molar-refractivity contribution >= 4 is 5.78 Å². The number of Topliss-reactive ketones (excluding diaryl/α,β-unsaturated/α-hetero) is 1. The quantitative estimate of drug-likeness (QED) is 0.572. The van der Waals surface area contributed by atoms with Gasteiger partial charge in [0, 0.05) is 5.56 Å². The highest BCUT2D eigenvalue weighted by molar-refractivity contribution is 5.95. The van der Waals surface area contributed by atoms with Gasteiger partial charge in [0.15, 0.2) is 12.4 Å². The number of rotatable bonds is 3. The van der Waals surface area contributed by atoms with Crippen molar-refractivity contribution in [2.75, 3.05) is 0 Å². The summed E-state index contributed by atoms with van der Waals surface area (Å²) in [4.78, 5) is 15.8. The van der Waals surface area contributed by atoms with Crippen molar-refractivity contribution in [2.24, 2.45) is 0 Å². The minimum atomic E-state index is 0.111. The van der Waals surface area contributed by atoms with Crippen LogP contribution in [-0.2, 0) is 6.54 Å². The summed E-state index contributed by atoms with van der Waals surface area (Å²) >= 11 is 0. The van der Waals surface area contributed by atoms with Crippen LogP contribution in [0, 0.1) is 6.92 Å². The molecule has 1 aromatic carbocycles. The maximum atomic E-state index is 11.9. The summed E-state index contributed by atoms with van der Waals surface area (Å²) in [6.07, 6.45) is 6.91. The van der Waals surface area contributed by atoms with Crippen LogP contribution in [0.15, 0.2) is 49.1 Å². The molecule has 3 nitrogen and oxygen atoms in total. The van der Waals surface area contributed by atoms with Crippen LogP contribution >= 0.6 is 0 Å². The molecule has 3 heteroatoms. The van der Waals surface area contributed by atoms with Gasteiger partial charge < -0.3 is 0 Å². The molecule has 0 aliphatic carbocycles. The van der Waals surface area contributed by atoms with Gasteiger partial charge in [-0.3, -0.25) is 9.78 Å². The van der Waals surface area contributed by atoms with Gasteiger partial charge in [-0.1, -0.05) is 23.8 Å². The van der Waals surface area contributed by atoms with Gasteiger partial charge in [0.2, 0.25) is 12.3 Å². The first-order chi connectivity index (χ1) is 7.75. The molecule has 0 atom stereocenters.